The molecular weight excluding hydrogens is 274 g/mol. The Morgan fingerprint density at radius 1 is 1.25 bits per heavy atom. The zero-order valence-corrected chi connectivity index (χ0v) is 13.0. The number of nitrogens with one attached hydrogen (secondary N) is 1. The molecule has 0 bridgehead atoms. The van der Waals surface area contributed by atoms with Gasteiger partial charge in [-0.25, -0.2) is 0 Å². The Morgan fingerprint density at radius 2 is 2.05 bits per heavy atom. The molecule has 1 aromatic heterocycles. The largest absolute Gasteiger partial charge is 0.497 e. The third kappa shape index (κ3) is 3.33. The van der Waals surface area contributed by atoms with E-state index in [1.807, 2.05) is 43.3 Å². The monoisotopic (exact) mass is 293 g/mol. The number of anilines is 2. The van der Waals surface area contributed by atoms with Gasteiger partial charge in [-0.2, -0.15) is 4.98 Å². The smallest absolute Gasteiger partial charge is 0.231 e. The number of benzene rings is 1. The Hall–Kier alpha value is -1.95. The molecule has 5 nitrogen and oxygen atoms in total. The van der Waals surface area contributed by atoms with Crippen LogP contribution < -0.4 is 19.7 Å². The first kappa shape index (κ1) is 14.5. The van der Waals surface area contributed by atoms with E-state index in [9.17, 15) is 0 Å². The van der Waals surface area contributed by atoms with Gasteiger partial charge < -0.3 is 19.7 Å². The lowest BCUT2D eigenvalue weighted by atomic mass is 10.3. The summed E-state index contributed by atoms with van der Waals surface area (Å²) in [4.78, 5) is 7.47. The molecule has 0 fully saturated rings. The summed E-state index contributed by atoms with van der Waals surface area (Å²) in [5.41, 5.74) is 1.01. The number of hydrogen-bond acceptors (Lipinski definition) is 6. The van der Waals surface area contributed by atoms with Gasteiger partial charge in [0, 0.05) is 25.8 Å². The second-order valence-corrected chi connectivity index (χ2v) is 5.47. The standard InChI is InChI=1S/C14H19N3O2S/c1-17(2)14-16-13(19-4)12(20-14)9-15-10-6-5-7-11(8-10)18-3/h5-8,15H,9H2,1-4H3. The van der Waals surface area contributed by atoms with Crippen LogP contribution in [0.25, 0.3) is 0 Å². The maximum absolute atomic E-state index is 5.32. The normalized spacial score (nSPS) is 10.2. The van der Waals surface area contributed by atoms with Crippen LogP contribution in [0.5, 0.6) is 11.6 Å². The van der Waals surface area contributed by atoms with Crippen molar-refractivity contribution in [3.63, 3.8) is 0 Å². The summed E-state index contributed by atoms with van der Waals surface area (Å²) in [5, 5.41) is 4.29. The van der Waals surface area contributed by atoms with Crippen molar-refractivity contribution in [3.05, 3.63) is 29.1 Å². The Morgan fingerprint density at radius 3 is 2.70 bits per heavy atom. The van der Waals surface area contributed by atoms with E-state index in [1.54, 1.807) is 25.6 Å². The highest BCUT2D eigenvalue weighted by Crippen LogP contribution is 2.31. The fourth-order valence-corrected chi connectivity index (χ4v) is 2.60. The maximum atomic E-state index is 5.32. The maximum Gasteiger partial charge on any atom is 0.231 e. The number of methoxy groups -OCH3 is 2. The zero-order chi connectivity index (χ0) is 14.5. The number of rotatable bonds is 6. The molecule has 108 valence electrons. The fraction of sp³-hybridized carbons (Fsp3) is 0.357. The van der Waals surface area contributed by atoms with Crippen LogP contribution in [0.3, 0.4) is 0 Å². The molecule has 0 amide bonds. The summed E-state index contributed by atoms with van der Waals surface area (Å²) in [6, 6.07) is 7.84. The Balaban J connectivity index is 2.09. The molecule has 0 aliphatic rings. The van der Waals surface area contributed by atoms with Gasteiger partial charge in [0.05, 0.1) is 25.6 Å². The molecule has 6 heteroatoms. The fourth-order valence-electron chi connectivity index (χ4n) is 1.70. The van der Waals surface area contributed by atoms with Gasteiger partial charge in [-0.1, -0.05) is 17.4 Å². The van der Waals surface area contributed by atoms with Crippen molar-refractivity contribution in [1.29, 1.82) is 0 Å². The lowest BCUT2D eigenvalue weighted by Gasteiger charge is -2.07. The van der Waals surface area contributed by atoms with E-state index in [1.165, 1.54) is 0 Å². The van der Waals surface area contributed by atoms with Gasteiger partial charge in [-0.15, -0.1) is 0 Å². The van der Waals surface area contributed by atoms with E-state index >= 15 is 0 Å². The van der Waals surface area contributed by atoms with Crippen molar-refractivity contribution < 1.29 is 9.47 Å². The molecular formula is C14H19N3O2S. The predicted octanol–water partition coefficient (Wildman–Crippen LogP) is 2.84. The number of ether oxygens (including phenoxy) is 2. The highest BCUT2D eigenvalue weighted by molar-refractivity contribution is 7.15. The minimum Gasteiger partial charge on any atom is -0.497 e. The second kappa shape index (κ2) is 6.47. The average molecular weight is 293 g/mol. The van der Waals surface area contributed by atoms with Crippen molar-refractivity contribution in [2.45, 2.75) is 6.54 Å². The van der Waals surface area contributed by atoms with Crippen molar-refractivity contribution >= 4 is 22.2 Å². The van der Waals surface area contributed by atoms with Gasteiger partial charge in [0.15, 0.2) is 5.13 Å². The van der Waals surface area contributed by atoms with Crippen molar-refractivity contribution in [2.75, 3.05) is 38.5 Å². The van der Waals surface area contributed by atoms with Crippen LogP contribution >= 0.6 is 11.3 Å². The lowest BCUT2D eigenvalue weighted by Crippen LogP contribution is -2.07. The van der Waals surface area contributed by atoms with Crippen LogP contribution in [0.15, 0.2) is 24.3 Å². The molecule has 0 aliphatic heterocycles. The second-order valence-electron chi connectivity index (χ2n) is 4.41. The van der Waals surface area contributed by atoms with Crippen LogP contribution in [-0.4, -0.2) is 33.3 Å². The SMILES string of the molecule is COc1cccc(NCc2sc(N(C)C)nc2OC)c1. The van der Waals surface area contributed by atoms with E-state index in [-0.39, 0.29) is 0 Å². The first-order valence-electron chi connectivity index (χ1n) is 6.23. The number of hydrogen-bond donors (Lipinski definition) is 1. The van der Waals surface area contributed by atoms with Crippen LogP contribution in [-0.2, 0) is 6.54 Å². The molecule has 0 atom stereocenters. The first-order chi connectivity index (χ1) is 9.63. The third-order valence-corrected chi connectivity index (χ3v) is 3.95. The van der Waals surface area contributed by atoms with Gasteiger partial charge in [0.25, 0.3) is 0 Å². The van der Waals surface area contributed by atoms with Crippen LogP contribution in [0, 0.1) is 0 Å². The summed E-state index contributed by atoms with van der Waals surface area (Å²) < 4.78 is 10.5. The molecule has 2 rings (SSSR count). The van der Waals surface area contributed by atoms with Gasteiger partial charge in [0.2, 0.25) is 5.88 Å². The molecule has 0 unspecified atom stereocenters. The molecule has 20 heavy (non-hydrogen) atoms. The molecule has 0 saturated carbocycles. The molecule has 0 spiro atoms. The van der Waals surface area contributed by atoms with Gasteiger partial charge >= 0.3 is 0 Å². The minimum atomic E-state index is 0.668. The van der Waals surface area contributed by atoms with Crippen molar-refractivity contribution in [3.8, 4) is 11.6 Å². The minimum absolute atomic E-state index is 0.668. The van der Waals surface area contributed by atoms with E-state index in [2.05, 4.69) is 10.3 Å². The van der Waals surface area contributed by atoms with Gasteiger partial charge in [-0.3, -0.25) is 0 Å². The summed E-state index contributed by atoms with van der Waals surface area (Å²) in [6.07, 6.45) is 0. The number of thiazole rings is 1. The Labute approximate surface area is 123 Å². The lowest BCUT2D eigenvalue weighted by molar-refractivity contribution is 0.397. The van der Waals surface area contributed by atoms with Crippen LogP contribution in [0.2, 0.25) is 0 Å². The van der Waals surface area contributed by atoms with E-state index in [4.69, 9.17) is 9.47 Å². The summed E-state index contributed by atoms with van der Waals surface area (Å²) in [7, 11) is 7.24. The van der Waals surface area contributed by atoms with Gasteiger partial charge in [0.1, 0.15) is 5.75 Å². The Bertz CT molecular complexity index is 569. The summed E-state index contributed by atoms with van der Waals surface area (Å²) in [6.45, 7) is 0.668. The molecule has 0 aliphatic carbocycles. The molecule has 0 saturated heterocycles. The highest BCUT2D eigenvalue weighted by atomic mass is 32.1. The van der Waals surface area contributed by atoms with Crippen molar-refractivity contribution in [1.82, 2.24) is 4.98 Å². The molecule has 2 aromatic rings. The Kier molecular flexibility index (Phi) is 4.68. The number of aromatic nitrogens is 1. The van der Waals surface area contributed by atoms with Gasteiger partial charge in [-0.05, 0) is 12.1 Å². The van der Waals surface area contributed by atoms with Crippen LogP contribution in [0.1, 0.15) is 4.88 Å². The summed E-state index contributed by atoms with van der Waals surface area (Å²) >= 11 is 1.62. The van der Waals surface area contributed by atoms with E-state index < -0.39 is 0 Å². The summed E-state index contributed by atoms with van der Waals surface area (Å²) in [5.74, 6) is 1.51. The average Bonchev–Trinajstić information content (AvgIpc) is 2.89. The third-order valence-electron chi connectivity index (χ3n) is 2.75. The predicted molar refractivity (Wildman–Crippen MR) is 83.3 cm³/mol. The van der Waals surface area contributed by atoms with E-state index in [0.717, 1.165) is 21.4 Å². The molecule has 1 N–H and O–H groups in total. The quantitative estimate of drug-likeness (QED) is 0.887. The van der Waals surface area contributed by atoms with Crippen molar-refractivity contribution in [2.24, 2.45) is 0 Å². The molecule has 1 aromatic carbocycles. The zero-order valence-electron chi connectivity index (χ0n) is 12.1. The number of nitrogens with zero attached hydrogens (tertiary/aromatic N) is 2. The van der Waals surface area contributed by atoms with Crippen LogP contribution in [0.4, 0.5) is 10.8 Å². The molecule has 1 heterocycles. The highest BCUT2D eigenvalue weighted by Gasteiger charge is 2.12. The topological polar surface area (TPSA) is 46.6 Å². The van der Waals surface area contributed by atoms with E-state index in [0.29, 0.717) is 12.4 Å². The molecule has 0 radical (unpaired) electrons. The first-order valence-corrected chi connectivity index (χ1v) is 7.04.